The van der Waals surface area contributed by atoms with E-state index in [1.54, 1.807) is 10.8 Å². The number of aliphatic hydroxyl groups excluding tert-OH is 2. The Morgan fingerprint density at radius 1 is 1.53 bits per heavy atom. The molecule has 0 amide bonds. The fourth-order valence-electron chi connectivity index (χ4n) is 2.04. The zero-order valence-corrected chi connectivity index (χ0v) is 9.50. The van der Waals surface area contributed by atoms with Gasteiger partial charge < -0.3 is 19.7 Å². The fraction of sp³-hybridized carbons (Fsp3) is 0.556. The van der Waals surface area contributed by atoms with Gasteiger partial charge in [-0.05, 0) is 6.07 Å². The predicted molar refractivity (Wildman–Crippen MR) is 56.7 cm³/mol. The van der Waals surface area contributed by atoms with Gasteiger partial charge in [0.1, 0.15) is 12.2 Å². The lowest BCUT2D eigenvalue weighted by atomic mass is 10.1. The first-order valence-electron chi connectivity index (χ1n) is 4.95. The maximum atomic E-state index is 9.80. The van der Waals surface area contributed by atoms with Crippen LogP contribution in [0.1, 0.15) is 6.23 Å². The summed E-state index contributed by atoms with van der Waals surface area (Å²) in [6.07, 6.45) is -0.930. The number of aromatic nitrogens is 2. The Labute approximate surface area is 103 Å². The summed E-state index contributed by atoms with van der Waals surface area (Å²) in [5.74, 6) is 0. The van der Waals surface area contributed by atoms with Crippen LogP contribution in [0.5, 0.6) is 6.01 Å². The van der Waals surface area contributed by atoms with Crippen LogP contribution in [0.2, 0.25) is 0 Å². The summed E-state index contributed by atoms with van der Waals surface area (Å²) in [6.45, 7) is -0.253. The minimum Gasteiger partial charge on any atom is -0.454 e. The molecule has 7 nitrogen and oxygen atoms in total. The molecular formula is C9H12ClN3O4. The third-order valence-corrected chi connectivity index (χ3v) is 2.84. The molecule has 1 saturated heterocycles. The predicted octanol–water partition coefficient (Wildman–Crippen LogP) is -1.20. The van der Waals surface area contributed by atoms with E-state index in [1.807, 2.05) is 0 Å². The van der Waals surface area contributed by atoms with Crippen LogP contribution in [0.4, 0.5) is 0 Å². The van der Waals surface area contributed by atoms with Crippen LogP contribution in [-0.4, -0.2) is 44.7 Å². The van der Waals surface area contributed by atoms with Gasteiger partial charge in [-0.1, -0.05) is 0 Å². The molecule has 2 aliphatic heterocycles. The van der Waals surface area contributed by atoms with Crippen molar-refractivity contribution in [1.82, 2.24) is 9.55 Å². The second-order valence-electron chi connectivity index (χ2n) is 3.82. The Kier molecular flexibility index (Phi) is 3.09. The molecule has 8 heteroatoms. The molecule has 2 aliphatic rings. The summed E-state index contributed by atoms with van der Waals surface area (Å²) < 4.78 is 12.5. The third-order valence-electron chi connectivity index (χ3n) is 2.84. The van der Waals surface area contributed by atoms with Crippen molar-refractivity contribution in [2.24, 2.45) is 0 Å². The van der Waals surface area contributed by atoms with E-state index in [9.17, 15) is 5.11 Å². The summed E-state index contributed by atoms with van der Waals surface area (Å²) in [6, 6.07) is 1.77. The number of ether oxygens (including phenoxy) is 2. The Balaban J connectivity index is 0.00000108. The van der Waals surface area contributed by atoms with Crippen molar-refractivity contribution in [2.45, 2.75) is 24.5 Å². The van der Waals surface area contributed by atoms with E-state index in [2.05, 4.69) is 4.98 Å². The van der Waals surface area contributed by atoms with Gasteiger partial charge in [0.25, 0.3) is 0 Å². The minimum atomic E-state index is -0.883. The number of rotatable bonds is 1. The van der Waals surface area contributed by atoms with Crippen molar-refractivity contribution >= 4 is 12.4 Å². The van der Waals surface area contributed by atoms with Gasteiger partial charge in [-0.2, -0.15) is 4.98 Å². The smallest absolute Gasteiger partial charge is 0.301 e. The van der Waals surface area contributed by atoms with Crippen molar-refractivity contribution < 1.29 is 19.7 Å². The highest BCUT2D eigenvalue weighted by atomic mass is 35.5. The van der Waals surface area contributed by atoms with Crippen molar-refractivity contribution in [2.75, 3.05) is 6.61 Å². The third kappa shape index (κ3) is 1.71. The van der Waals surface area contributed by atoms with E-state index in [4.69, 9.17) is 20.0 Å². The first-order valence-corrected chi connectivity index (χ1v) is 4.95. The van der Waals surface area contributed by atoms with Crippen molar-refractivity contribution in [3.8, 4) is 6.01 Å². The summed E-state index contributed by atoms with van der Waals surface area (Å²) in [4.78, 5) is 3.88. The van der Waals surface area contributed by atoms with Gasteiger partial charge in [-0.25, -0.2) is 0 Å². The van der Waals surface area contributed by atoms with Gasteiger partial charge in [0, 0.05) is 6.20 Å². The van der Waals surface area contributed by atoms with E-state index in [0.717, 1.165) is 0 Å². The normalized spacial score (nSPS) is 33.5. The monoisotopic (exact) mass is 261 g/mol. The number of nitrogens with one attached hydrogen (secondary N) is 1. The molecule has 17 heavy (non-hydrogen) atoms. The maximum absolute atomic E-state index is 9.80. The van der Waals surface area contributed by atoms with Gasteiger partial charge in [0.2, 0.25) is 0 Å². The largest absolute Gasteiger partial charge is 0.454 e. The highest BCUT2D eigenvalue weighted by Crippen LogP contribution is 2.38. The van der Waals surface area contributed by atoms with E-state index in [-0.39, 0.29) is 30.5 Å². The lowest BCUT2D eigenvalue weighted by Gasteiger charge is -2.14. The van der Waals surface area contributed by atoms with Crippen LogP contribution < -0.4 is 10.2 Å². The van der Waals surface area contributed by atoms with E-state index in [1.165, 1.54) is 6.07 Å². The van der Waals surface area contributed by atoms with E-state index in [0.29, 0.717) is 0 Å². The molecule has 94 valence electrons. The SMILES string of the molecule is Cl.N=c1ccn2c(n1)O[C@H]1[C@H](O)C(CO)O[C@H]12. The second-order valence-corrected chi connectivity index (χ2v) is 3.82. The average molecular weight is 262 g/mol. The van der Waals surface area contributed by atoms with Crippen LogP contribution >= 0.6 is 12.4 Å². The molecule has 0 saturated carbocycles. The molecule has 3 heterocycles. The lowest BCUT2D eigenvalue weighted by Crippen LogP contribution is -2.34. The molecule has 1 fully saturated rings. The van der Waals surface area contributed by atoms with Gasteiger partial charge in [-0.3, -0.25) is 9.98 Å². The van der Waals surface area contributed by atoms with Crippen LogP contribution in [0.15, 0.2) is 12.3 Å². The minimum absolute atomic E-state index is 0. The second kappa shape index (κ2) is 4.26. The van der Waals surface area contributed by atoms with Crippen molar-refractivity contribution in [3.05, 3.63) is 17.8 Å². The molecule has 1 aromatic heterocycles. The zero-order valence-electron chi connectivity index (χ0n) is 8.68. The number of nitrogens with zero attached hydrogens (tertiary/aromatic N) is 2. The Hall–Kier alpha value is -1.15. The molecule has 3 N–H and O–H groups in total. The number of hydrogen-bond acceptors (Lipinski definition) is 6. The van der Waals surface area contributed by atoms with Gasteiger partial charge in [-0.15, -0.1) is 12.4 Å². The van der Waals surface area contributed by atoms with Crippen molar-refractivity contribution in [1.29, 1.82) is 5.41 Å². The number of halogens is 1. The number of hydrogen-bond donors (Lipinski definition) is 3. The molecule has 0 radical (unpaired) electrons. The molecular weight excluding hydrogens is 250 g/mol. The quantitative estimate of drug-likeness (QED) is 0.589. The summed E-state index contributed by atoms with van der Waals surface area (Å²) >= 11 is 0. The van der Waals surface area contributed by atoms with Crippen LogP contribution in [-0.2, 0) is 4.74 Å². The Morgan fingerprint density at radius 2 is 2.29 bits per heavy atom. The van der Waals surface area contributed by atoms with Crippen LogP contribution in [0.25, 0.3) is 0 Å². The van der Waals surface area contributed by atoms with E-state index >= 15 is 0 Å². The highest BCUT2D eigenvalue weighted by Gasteiger charge is 2.50. The first-order chi connectivity index (χ1) is 7.70. The summed E-state index contributed by atoms with van der Waals surface area (Å²) in [5.41, 5.74) is 0.0967. The molecule has 1 unspecified atom stereocenters. The number of fused-ring (bicyclic) bond motifs is 3. The molecule has 4 atom stereocenters. The Morgan fingerprint density at radius 3 is 3.00 bits per heavy atom. The molecule has 0 bridgehead atoms. The topological polar surface area (TPSA) is 101 Å². The lowest BCUT2D eigenvalue weighted by molar-refractivity contribution is -0.0434. The highest BCUT2D eigenvalue weighted by molar-refractivity contribution is 5.85. The van der Waals surface area contributed by atoms with E-state index < -0.39 is 24.5 Å². The zero-order chi connectivity index (χ0) is 11.3. The first kappa shape index (κ1) is 12.3. The maximum Gasteiger partial charge on any atom is 0.301 e. The number of aliphatic hydroxyl groups is 2. The van der Waals surface area contributed by atoms with Gasteiger partial charge in [0.15, 0.2) is 17.8 Å². The molecule has 0 aliphatic carbocycles. The standard InChI is InChI=1S/C9H11N3O4.ClH/c10-5-1-2-12-8-7(16-9(12)11-5)6(14)4(3-13)15-8;/h1-2,4,6-8,10,13-14H,3H2;1H/t4?,6-,7+,8-;/m1./s1. The van der Waals surface area contributed by atoms with Crippen LogP contribution in [0.3, 0.4) is 0 Å². The van der Waals surface area contributed by atoms with Gasteiger partial charge >= 0.3 is 6.01 Å². The fourth-order valence-corrected chi connectivity index (χ4v) is 2.04. The molecule has 1 aromatic rings. The summed E-state index contributed by atoms with van der Waals surface area (Å²) in [5, 5.41) is 26.1. The van der Waals surface area contributed by atoms with Gasteiger partial charge in [0.05, 0.1) is 6.61 Å². The Bertz CT molecular complexity index is 480. The van der Waals surface area contributed by atoms with Crippen LogP contribution in [0, 0.1) is 5.41 Å². The molecule has 0 aromatic carbocycles. The average Bonchev–Trinajstić information content (AvgIpc) is 2.75. The van der Waals surface area contributed by atoms with Crippen molar-refractivity contribution in [3.63, 3.8) is 0 Å². The molecule has 0 spiro atoms. The summed E-state index contributed by atoms with van der Waals surface area (Å²) in [7, 11) is 0. The molecule has 3 rings (SSSR count).